The number of nitrogens with one attached hydrogen (secondary N) is 1. The van der Waals surface area contributed by atoms with Gasteiger partial charge in [0.2, 0.25) is 0 Å². The van der Waals surface area contributed by atoms with Crippen LogP contribution in [0.2, 0.25) is 0 Å². The Labute approximate surface area is 138 Å². The van der Waals surface area contributed by atoms with Gasteiger partial charge < -0.3 is 9.72 Å². The second kappa shape index (κ2) is 6.16. The molecule has 0 spiro atoms. The summed E-state index contributed by atoms with van der Waals surface area (Å²) in [6.45, 7) is 0.405. The first-order valence-electron chi connectivity index (χ1n) is 7.69. The van der Waals surface area contributed by atoms with Crippen LogP contribution in [-0.2, 0) is 6.61 Å². The summed E-state index contributed by atoms with van der Waals surface area (Å²) in [5.41, 5.74) is 4.52. The van der Waals surface area contributed by atoms with Gasteiger partial charge in [-0.2, -0.15) is 0 Å². The molecule has 4 aromatic rings. The highest BCUT2D eigenvalue weighted by Crippen LogP contribution is 2.28. The van der Waals surface area contributed by atoms with E-state index < -0.39 is 0 Å². The first kappa shape index (κ1) is 14.5. The Morgan fingerprint density at radius 3 is 2.67 bits per heavy atom. The molecule has 0 bridgehead atoms. The van der Waals surface area contributed by atoms with E-state index in [-0.39, 0.29) is 5.82 Å². The molecule has 1 heterocycles. The lowest BCUT2D eigenvalue weighted by molar-refractivity contribution is 0.305. The minimum atomic E-state index is -0.322. The van der Waals surface area contributed by atoms with Gasteiger partial charge in [-0.3, -0.25) is 0 Å². The molecular weight excluding hydrogens is 303 g/mol. The maximum absolute atomic E-state index is 14.0. The van der Waals surface area contributed by atoms with Crippen molar-refractivity contribution in [2.24, 2.45) is 0 Å². The standard InChI is InChI=1S/C20H15FN2O/c21-17-8-16(15-6-7-19-20(10-15)23-13-22-19)9-18(11-17)24-12-14-4-2-1-3-5-14/h1-11,13H,12H2,(H,22,23). The third-order valence-electron chi connectivity index (χ3n) is 3.87. The van der Waals surface area contributed by atoms with E-state index >= 15 is 0 Å². The number of ether oxygens (including phenoxy) is 1. The number of aromatic amines is 1. The number of nitrogens with zero attached hydrogens (tertiary/aromatic N) is 1. The van der Waals surface area contributed by atoms with Gasteiger partial charge in [0.05, 0.1) is 17.4 Å². The molecule has 0 saturated carbocycles. The highest BCUT2D eigenvalue weighted by atomic mass is 19.1. The Morgan fingerprint density at radius 2 is 1.79 bits per heavy atom. The number of rotatable bonds is 4. The summed E-state index contributed by atoms with van der Waals surface area (Å²) in [4.78, 5) is 7.29. The van der Waals surface area contributed by atoms with Gasteiger partial charge in [0.25, 0.3) is 0 Å². The van der Waals surface area contributed by atoms with Crippen LogP contribution in [0, 0.1) is 5.82 Å². The third-order valence-corrected chi connectivity index (χ3v) is 3.87. The summed E-state index contributed by atoms with van der Waals surface area (Å²) in [7, 11) is 0. The fourth-order valence-electron chi connectivity index (χ4n) is 2.67. The lowest BCUT2D eigenvalue weighted by atomic mass is 10.0. The van der Waals surface area contributed by atoms with E-state index in [0.29, 0.717) is 12.4 Å². The smallest absolute Gasteiger partial charge is 0.127 e. The summed E-state index contributed by atoms with van der Waals surface area (Å²) in [5.74, 6) is 0.189. The van der Waals surface area contributed by atoms with Crippen molar-refractivity contribution in [3.8, 4) is 16.9 Å². The Bertz CT molecular complexity index is 979. The van der Waals surface area contributed by atoms with Gasteiger partial charge in [0.1, 0.15) is 18.2 Å². The van der Waals surface area contributed by atoms with Crippen molar-refractivity contribution >= 4 is 11.0 Å². The van der Waals surface area contributed by atoms with Gasteiger partial charge in [0.15, 0.2) is 0 Å². The van der Waals surface area contributed by atoms with Crippen LogP contribution < -0.4 is 4.74 Å². The zero-order chi connectivity index (χ0) is 16.4. The molecule has 1 N–H and O–H groups in total. The van der Waals surface area contributed by atoms with Crippen LogP contribution in [0.1, 0.15) is 5.56 Å². The Kier molecular flexibility index (Phi) is 3.71. The largest absolute Gasteiger partial charge is 0.489 e. The van der Waals surface area contributed by atoms with E-state index in [0.717, 1.165) is 27.7 Å². The second-order valence-corrected chi connectivity index (χ2v) is 5.58. The van der Waals surface area contributed by atoms with Crippen LogP contribution in [0.3, 0.4) is 0 Å². The molecule has 0 aliphatic rings. The van der Waals surface area contributed by atoms with Crippen LogP contribution >= 0.6 is 0 Å². The maximum atomic E-state index is 14.0. The average molecular weight is 318 g/mol. The van der Waals surface area contributed by atoms with Crippen LogP contribution in [0.25, 0.3) is 22.2 Å². The number of halogens is 1. The highest BCUT2D eigenvalue weighted by Gasteiger charge is 2.06. The van der Waals surface area contributed by atoms with Crippen molar-refractivity contribution in [3.05, 3.63) is 84.4 Å². The molecule has 1 aromatic heterocycles. The van der Waals surface area contributed by atoms with Gasteiger partial charge in [-0.25, -0.2) is 9.37 Å². The first-order chi connectivity index (χ1) is 11.8. The molecule has 0 amide bonds. The van der Waals surface area contributed by atoms with E-state index in [9.17, 15) is 4.39 Å². The molecule has 0 atom stereocenters. The molecule has 4 heteroatoms. The Hall–Kier alpha value is -3.14. The van der Waals surface area contributed by atoms with Gasteiger partial charge in [0, 0.05) is 6.07 Å². The number of benzene rings is 3. The monoisotopic (exact) mass is 318 g/mol. The molecule has 0 unspecified atom stereocenters. The van der Waals surface area contributed by atoms with E-state index in [2.05, 4.69) is 9.97 Å². The zero-order valence-corrected chi connectivity index (χ0v) is 12.9. The number of hydrogen-bond donors (Lipinski definition) is 1. The summed E-state index contributed by atoms with van der Waals surface area (Å²) < 4.78 is 19.7. The molecule has 0 saturated heterocycles. The molecule has 3 aromatic carbocycles. The highest BCUT2D eigenvalue weighted by molar-refractivity contribution is 5.81. The predicted octanol–water partition coefficient (Wildman–Crippen LogP) is 4.95. The lowest BCUT2D eigenvalue weighted by Gasteiger charge is -2.09. The normalized spacial score (nSPS) is 10.9. The van der Waals surface area contributed by atoms with Crippen LogP contribution in [0.4, 0.5) is 4.39 Å². The fraction of sp³-hybridized carbons (Fsp3) is 0.0500. The van der Waals surface area contributed by atoms with E-state index in [4.69, 9.17) is 4.74 Å². The molecule has 3 nitrogen and oxygen atoms in total. The number of imidazole rings is 1. The first-order valence-corrected chi connectivity index (χ1v) is 7.69. The minimum absolute atomic E-state index is 0.322. The van der Waals surface area contributed by atoms with Crippen molar-refractivity contribution in [3.63, 3.8) is 0 Å². The summed E-state index contributed by atoms with van der Waals surface area (Å²) in [6.07, 6.45) is 1.65. The SMILES string of the molecule is Fc1cc(OCc2ccccc2)cc(-c2ccc3[nH]cnc3c2)c1. The second-order valence-electron chi connectivity index (χ2n) is 5.58. The quantitative estimate of drug-likeness (QED) is 0.578. The van der Waals surface area contributed by atoms with Crippen LogP contribution in [0.5, 0.6) is 5.75 Å². The summed E-state index contributed by atoms with van der Waals surface area (Å²) >= 11 is 0. The summed E-state index contributed by atoms with van der Waals surface area (Å²) in [5, 5.41) is 0. The molecule has 0 radical (unpaired) electrons. The van der Waals surface area contributed by atoms with Crippen LogP contribution in [0.15, 0.2) is 73.1 Å². The van der Waals surface area contributed by atoms with Crippen molar-refractivity contribution in [2.45, 2.75) is 6.61 Å². The molecule has 24 heavy (non-hydrogen) atoms. The van der Waals surface area contributed by atoms with E-state index in [1.165, 1.54) is 12.1 Å². The molecule has 0 fully saturated rings. The van der Waals surface area contributed by atoms with Gasteiger partial charge in [-0.1, -0.05) is 36.4 Å². The predicted molar refractivity (Wildman–Crippen MR) is 92.3 cm³/mol. The van der Waals surface area contributed by atoms with Crippen molar-refractivity contribution in [1.82, 2.24) is 9.97 Å². The number of aromatic nitrogens is 2. The number of hydrogen-bond acceptors (Lipinski definition) is 2. The van der Waals surface area contributed by atoms with Gasteiger partial charge >= 0.3 is 0 Å². The Morgan fingerprint density at radius 1 is 0.917 bits per heavy atom. The Balaban J connectivity index is 1.63. The third kappa shape index (κ3) is 2.99. The molecule has 0 aliphatic carbocycles. The number of fused-ring (bicyclic) bond motifs is 1. The zero-order valence-electron chi connectivity index (χ0n) is 12.9. The molecular formula is C20H15FN2O. The van der Waals surface area contributed by atoms with E-state index in [1.54, 1.807) is 6.33 Å². The van der Waals surface area contributed by atoms with Crippen LogP contribution in [-0.4, -0.2) is 9.97 Å². The van der Waals surface area contributed by atoms with Gasteiger partial charge in [-0.05, 0) is 41.0 Å². The fourth-order valence-corrected chi connectivity index (χ4v) is 2.67. The van der Waals surface area contributed by atoms with E-state index in [1.807, 2.05) is 54.6 Å². The minimum Gasteiger partial charge on any atom is -0.489 e. The molecule has 0 aliphatic heterocycles. The maximum Gasteiger partial charge on any atom is 0.127 e. The topological polar surface area (TPSA) is 37.9 Å². The van der Waals surface area contributed by atoms with Gasteiger partial charge in [-0.15, -0.1) is 0 Å². The van der Waals surface area contributed by atoms with Crippen molar-refractivity contribution in [2.75, 3.05) is 0 Å². The molecule has 4 rings (SSSR count). The molecule has 118 valence electrons. The number of H-pyrrole nitrogens is 1. The lowest BCUT2D eigenvalue weighted by Crippen LogP contribution is -1.96. The van der Waals surface area contributed by atoms with Crippen molar-refractivity contribution in [1.29, 1.82) is 0 Å². The van der Waals surface area contributed by atoms with Crippen molar-refractivity contribution < 1.29 is 9.13 Å². The summed E-state index contributed by atoms with van der Waals surface area (Å²) in [6, 6.07) is 20.4. The average Bonchev–Trinajstić information content (AvgIpc) is 3.08.